The minimum atomic E-state index is 0.419. The topological polar surface area (TPSA) is 35.2 Å². The van der Waals surface area contributed by atoms with Crippen LogP contribution in [0, 0.1) is 0 Å². The molecule has 94 valence electrons. The van der Waals surface area contributed by atoms with Crippen molar-refractivity contribution in [2.45, 2.75) is 13.2 Å². The van der Waals surface area contributed by atoms with Crippen molar-refractivity contribution in [1.82, 2.24) is 0 Å². The largest absolute Gasteiger partial charge is 0.489 e. The molecule has 0 spiro atoms. The fourth-order valence-corrected chi connectivity index (χ4v) is 1.99. The lowest BCUT2D eigenvalue weighted by atomic mass is 10.2. The summed E-state index contributed by atoms with van der Waals surface area (Å²) in [6.45, 7) is 0.857. The maximum atomic E-state index is 5.94. The van der Waals surface area contributed by atoms with E-state index in [0.717, 1.165) is 11.1 Å². The van der Waals surface area contributed by atoms with Crippen molar-refractivity contribution in [3.8, 4) is 5.75 Å². The minimum Gasteiger partial charge on any atom is -0.489 e. The molecule has 0 saturated heterocycles. The van der Waals surface area contributed by atoms with Gasteiger partial charge < -0.3 is 10.5 Å². The second kappa shape index (κ2) is 6.10. The summed E-state index contributed by atoms with van der Waals surface area (Å²) in [5, 5.41) is 1.33. The molecule has 2 aromatic rings. The van der Waals surface area contributed by atoms with Crippen LogP contribution in [0.4, 0.5) is 0 Å². The van der Waals surface area contributed by atoms with Crippen molar-refractivity contribution < 1.29 is 4.74 Å². The van der Waals surface area contributed by atoms with Gasteiger partial charge in [-0.25, -0.2) is 0 Å². The highest BCUT2D eigenvalue weighted by atomic mass is 35.5. The summed E-state index contributed by atoms with van der Waals surface area (Å²) in [5.41, 5.74) is 7.59. The number of rotatable bonds is 4. The van der Waals surface area contributed by atoms with E-state index >= 15 is 0 Å². The molecule has 2 N–H and O–H groups in total. The lowest BCUT2D eigenvalue weighted by molar-refractivity contribution is 0.303. The standard InChI is InChI=1S/C14H13Cl2NO/c15-12-3-1-2-10(6-12)9-18-14-7-13(16)5-4-11(14)8-17/h1-7H,8-9,17H2. The third kappa shape index (κ3) is 3.39. The second-order valence-corrected chi connectivity index (χ2v) is 4.75. The lowest BCUT2D eigenvalue weighted by Gasteiger charge is -2.11. The molecule has 0 unspecified atom stereocenters. The maximum absolute atomic E-state index is 5.94. The zero-order valence-electron chi connectivity index (χ0n) is 9.70. The summed E-state index contributed by atoms with van der Waals surface area (Å²) >= 11 is 11.9. The van der Waals surface area contributed by atoms with Crippen LogP contribution in [0.15, 0.2) is 42.5 Å². The van der Waals surface area contributed by atoms with Gasteiger partial charge in [-0.1, -0.05) is 41.4 Å². The molecule has 0 fully saturated rings. The molecule has 0 amide bonds. The average Bonchev–Trinajstić information content (AvgIpc) is 2.37. The summed E-state index contributed by atoms with van der Waals surface area (Å²) in [6, 6.07) is 13.0. The Hall–Kier alpha value is -1.22. The van der Waals surface area contributed by atoms with Gasteiger partial charge >= 0.3 is 0 Å². The van der Waals surface area contributed by atoms with Gasteiger partial charge in [0.25, 0.3) is 0 Å². The van der Waals surface area contributed by atoms with Crippen LogP contribution in [-0.2, 0) is 13.2 Å². The Kier molecular flexibility index (Phi) is 4.48. The molecule has 0 aliphatic carbocycles. The first-order valence-corrected chi connectivity index (χ1v) is 6.30. The number of benzene rings is 2. The van der Waals surface area contributed by atoms with Crippen LogP contribution in [0.5, 0.6) is 5.75 Å². The Balaban J connectivity index is 2.12. The quantitative estimate of drug-likeness (QED) is 0.918. The Bertz CT molecular complexity index is 543. The summed E-state index contributed by atoms with van der Waals surface area (Å²) in [4.78, 5) is 0. The molecule has 2 rings (SSSR count). The van der Waals surface area contributed by atoms with Crippen LogP contribution in [0.3, 0.4) is 0 Å². The predicted octanol–water partition coefficient (Wildman–Crippen LogP) is 4.03. The van der Waals surface area contributed by atoms with Crippen LogP contribution >= 0.6 is 23.2 Å². The van der Waals surface area contributed by atoms with Gasteiger partial charge in [0.1, 0.15) is 12.4 Å². The van der Waals surface area contributed by atoms with Gasteiger partial charge in [-0.05, 0) is 29.8 Å². The van der Waals surface area contributed by atoms with Crippen LogP contribution in [0.1, 0.15) is 11.1 Å². The first-order valence-electron chi connectivity index (χ1n) is 5.55. The van der Waals surface area contributed by atoms with Crippen LogP contribution < -0.4 is 10.5 Å². The van der Waals surface area contributed by atoms with Crippen molar-refractivity contribution in [1.29, 1.82) is 0 Å². The Labute approximate surface area is 116 Å². The Morgan fingerprint density at radius 2 is 1.78 bits per heavy atom. The summed E-state index contributed by atoms with van der Waals surface area (Å²) < 4.78 is 5.73. The third-order valence-electron chi connectivity index (χ3n) is 2.53. The van der Waals surface area contributed by atoms with E-state index in [1.54, 1.807) is 12.1 Å². The molecule has 0 aliphatic heterocycles. The zero-order valence-corrected chi connectivity index (χ0v) is 11.2. The maximum Gasteiger partial charge on any atom is 0.125 e. The fourth-order valence-electron chi connectivity index (χ4n) is 1.62. The van der Waals surface area contributed by atoms with Crippen molar-refractivity contribution in [2.24, 2.45) is 5.73 Å². The van der Waals surface area contributed by atoms with Gasteiger partial charge in [0.05, 0.1) is 0 Å². The molecule has 2 nitrogen and oxygen atoms in total. The highest BCUT2D eigenvalue weighted by Crippen LogP contribution is 2.24. The number of nitrogens with two attached hydrogens (primary N) is 1. The fraction of sp³-hybridized carbons (Fsp3) is 0.143. The molecule has 0 saturated carbocycles. The van der Waals surface area contributed by atoms with Gasteiger partial charge in [0, 0.05) is 22.2 Å². The highest BCUT2D eigenvalue weighted by Gasteiger charge is 2.04. The normalized spacial score (nSPS) is 10.4. The molecular weight excluding hydrogens is 269 g/mol. The molecule has 0 bridgehead atoms. The first kappa shape index (κ1) is 13.2. The average molecular weight is 282 g/mol. The van der Waals surface area contributed by atoms with E-state index in [4.69, 9.17) is 33.7 Å². The molecule has 0 aromatic heterocycles. The van der Waals surface area contributed by atoms with Gasteiger partial charge in [0.15, 0.2) is 0 Å². The van der Waals surface area contributed by atoms with Gasteiger partial charge in [-0.3, -0.25) is 0 Å². The van der Waals surface area contributed by atoms with E-state index in [2.05, 4.69) is 0 Å². The predicted molar refractivity (Wildman–Crippen MR) is 75.1 cm³/mol. The highest BCUT2D eigenvalue weighted by molar-refractivity contribution is 6.31. The van der Waals surface area contributed by atoms with E-state index in [-0.39, 0.29) is 0 Å². The number of ether oxygens (including phenoxy) is 1. The summed E-state index contributed by atoms with van der Waals surface area (Å²) in [7, 11) is 0. The number of hydrogen-bond acceptors (Lipinski definition) is 2. The van der Waals surface area contributed by atoms with Gasteiger partial charge in [-0.2, -0.15) is 0 Å². The van der Waals surface area contributed by atoms with E-state index in [0.29, 0.717) is 28.9 Å². The summed E-state index contributed by atoms with van der Waals surface area (Å²) in [6.07, 6.45) is 0. The van der Waals surface area contributed by atoms with E-state index < -0.39 is 0 Å². The molecule has 0 heterocycles. The third-order valence-corrected chi connectivity index (χ3v) is 3.00. The molecule has 4 heteroatoms. The number of hydrogen-bond donors (Lipinski definition) is 1. The molecular formula is C14H13Cl2NO. The van der Waals surface area contributed by atoms with Crippen molar-refractivity contribution in [2.75, 3.05) is 0 Å². The smallest absolute Gasteiger partial charge is 0.125 e. The van der Waals surface area contributed by atoms with Crippen LogP contribution in [0.2, 0.25) is 10.0 Å². The molecule has 0 radical (unpaired) electrons. The number of halogens is 2. The van der Waals surface area contributed by atoms with Crippen molar-refractivity contribution >= 4 is 23.2 Å². The van der Waals surface area contributed by atoms with E-state index in [1.165, 1.54) is 0 Å². The molecule has 18 heavy (non-hydrogen) atoms. The first-order chi connectivity index (χ1) is 8.69. The van der Waals surface area contributed by atoms with Gasteiger partial charge in [0.2, 0.25) is 0 Å². The molecule has 0 aliphatic rings. The van der Waals surface area contributed by atoms with Crippen LogP contribution in [-0.4, -0.2) is 0 Å². The molecule has 2 aromatic carbocycles. The Morgan fingerprint density at radius 1 is 1.00 bits per heavy atom. The Morgan fingerprint density at radius 3 is 2.50 bits per heavy atom. The summed E-state index contributed by atoms with van der Waals surface area (Å²) in [5.74, 6) is 0.713. The SMILES string of the molecule is NCc1ccc(Cl)cc1OCc1cccc(Cl)c1. The van der Waals surface area contributed by atoms with Crippen molar-refractivity contribution in [3.05, 3.63) is 63.6 Å². The van der Waals surface area contributed by atoms with E-state index in [9.17, 15) is 0 Å². The van der Waals surface area contributed by atoms with Crippen molar-refractivity contribution in [3.63, 3.8) is 0 Å². The zero-order chi connectivity index (χ0) is 13.0. The van der Waals surface area contributed by atoms with E-state index in [1.807, 2.05) is 30.3 Å². The van der Waals surface area contributed by atoms with Crippen LogP contribution in [0.25, 0.3) is 0 Å². The lowest BCUT2D eigenvalue weighted by Crippen LogP contribution is -2.02. The monoisotopic (exact) mass is 281 g/mol. The minimum absolute atomic E-state index is 0.419. The second-order valence-electron chi connectivity index (χ2n) is 3.87. The van der Waals surface area contributed by atoms with Gasteiger partial charge in [-0.15, -0.1) is 0 Å². The molecule has 0 atom stereocenters.